The zero-order valence-electron chi connectivity index (χ0n) is 13.8. The number of hydrogen-bond acceptors (Lipinski definition) is 4. The first-order chi connectivity index (χ1) is 12.1. The van der Waals surface area contributed by atoms with Crippen LogP contribution in [0.25, 0.3) is 0 Å². The minimum atomic E-state index is -1.15. The van der Waals surface area contributed by atoms with E-state index in [1.165, 1.54) is 18.2 Å². The van der Waals surface area contributed by atoms with Crippen molar-refractivity contribution in [3.05, 3.63) is 52.0 Å². The maximum atomic E-state index is 13.6. The number of aromatic nitrogens is 3. The lowest BCUT2D eigenvalue weighted by Crippen LogP contribution is -2.35. The quantitative estimate of drug-likeness (QED) is 0.835. The first-order valence-electron chi connectivity index (χ1n) is 8.42. The van der Waals surface area contributed by atoms with Crippen molar-refractivity contribution in [3.8, 4) is 0 Å². The Morgan fingerprint density at radius 2 is 2.12 bits per heavy atom. The molecule has 1 aromatic carbocycles. The number of benzene rings is 1. The van der Waals surface area contributed by atoms with Crippen LogP contribution in [0.1, 0.15) is 36.8 Å². The number of halogens is 1. The molecule has 1 aliphatic heterocycles. The number of aryl methyl sites for hydroxylation is 1. The van der Waals surface area contributed by atoms with Gasteiger partial charge >= 0.3 is 5.69 Å². The van der Waals surface area contributed by atoms with Crippen LogP contribution in [0.3, 0.4) is 0 Å². The highest BCUT2D eigenvalue weighted by atomic mass is 19.1. The molecule has 0 radical (unpaired) electrons. The Morgan fingerprint density at radius 1 is 1.32 bits per heavy atom. The second-order valence-corrected chi connectivity index (χ2v) is 6.16. The first kappa shape index (κ1) is 17.3. The maximum Gasteiger partial charge on any atom is 0.346 e. The van der Waals surface area contributed by atoms with Gasteiger partial charge in [0, 0.05) is 25.1 Å². The number of amides is 1. The highest BCUT2D eigenvalue weighted by Crippen LogP contribution is 2.15. The molecule has 2 N–H and O–H groups in total. The molecule has 1 amide bonds. The van der Waals surface area contributed by atoms with Crippen molar-refractivity contribution in [2.75, 3.05) is 6.54 Å². The second-order valence-electron chi connectivity index (χ2n) is 6.16. The average molecular weight is 348 g/mol. The summed E-state index contributed by atoms with van der Waals surface area (Å²) in [7, 11) is 0. The van der Waals surface area contributed by atoms with Gasteiger partial charge in [0.05, 0.1) is 6.10 Å². The molecule has 134 valence electrons. The van der Waals surface area contributed by atoms with Gasteiger partial charge < -0.3 is 10.4 Å². The van der Waals surface area contributed by atoms with Crippen molar-refractivity contribution in [2.24, 2.45) is 0 Å². The largest absolute Gasteiger partial charge is 0.386 e. The van der Waals surface area contributed by atoms with Gasteiger partial charge in [-0.1, -0.05) is 24.6 Å². The summed E-state index contributed by atoms with van der Waals surface area (Å²) in [5.41, 5.74) is -0.171. The van der Waals surface area contributed by atoms with E-state index < -0.39 is 17.8 Å². The highest BCUT2D eigenvalue weighted by molar-refractivity contribution is 5.75. The Morgan fingerprint density at radius 3 is 2.92 bits per heavy atom. The number of carbonyl (C=O) groups excluding carboxylic acids is 1. The molecular weight excluding hydrogens is 327 g/mol. The molecule has 1 unspecified atom stereocenters. The van der Waals surface area contributed by atoms with Crippen LogP contribution in [0, 0.1) is 5.82 Å². The lowest BCUT2D eigenvalue weighted by Gasteiger charge is -2.12. The summed E-state index contributed by atoms with van der Waals surface area (Å²) in [5.74, 6) is -0.272. The summed E-state index contributed by atoms with van der Waals surface area (Å²) in [5, 5.41) is 16.7. The summed E-state index contributed by atoms with van der Waals surface area (Å²) < 4.78 is 16.4. The van der Waals surface area contributed by atoms with Crippen molar-refractivity contribution in [2.45, 2.75) is 44.9 Å². The summed E-state index contributed by atoms with van der Waals surface area (Å²) >= 11 is 0. The van der Waals surface area contributed by atoms with Crippen LogP contribution < -0.4 is 11.0 Å². The van der Waals surface area contributed by atoms with Gasteiger partial charge in [-0.25, -0.2) is 13.9 Å². The number of aliphatic hydroxyl groups is 1. The summed E-state index contributed by atoms with van der Waals surface area (Å²) in [6, 6.07) is 5.85. The fraction of sp³-hybridized carbons (Fsp3) is 0.471. The Bertz CT molecular complexity index is 814. The summed E-state index contributed by atoms with van der Waals surface area (Å²) in [4.78, 5) is 24.3. The molecule has 0 spiro atoms. The van der Waals surface area contributed by atoms with Gasteiger partial charge in [-0.05, 0) is 18.9 Å². The lowest BCUT2D eigenvalue weighted by molar-refractivity contribution is -0.122. The van der Waals surface area contributed by atoms with Crippen LogP contribution in [-0.4, -0.2) is 31.9 Å². The molecule has 1 atom stereocenters. The minimum Gasteiger partial charge on any atom is -0.386 e. The van der Waals surface area contributed by atoms with Gasteiger partial charge in [0.15, 0.2) is 0 Å². The normalized spacial score (nSPS) is 15.3. The van der Waals surface area contributed by atoms with Crippen LogP contribution in [0.2, 0.25) is 0 Å². The molecule has 0 saturated carbocycles. The van der Waals surface area contributed by atoms with Crippen LogP contribution in [-0.2, 0) is 24.3 Å². The Kier molecular flexibility index (Phi) is 5.28. The standard InChI is InChI=1S/C17H21FN4O3/c18-13-7-4-3-6-12(13)14(23)10-19-16(24)11-22-17(25)21-9-5-1-2-8-15(21)20-22/h3-4,6-7,14,23H,1-2,5,8-11H2,(H,19,24). The molecular formula is C17H21FN4O3. The third-order valence-electron chi connectivity index (χ3n) is 4.33. The molecule has 7 nitrogen and oxygen atoms in total. The highest BCUT2D eigenvalue weighted by Gasteiger charge is 2.18. The fourth-order valence-corrected chi connectivity index (χ4v) is 2.99. The number of nitrogens with one attached hydrogen (secondary N) is 1. The maximum absolute atomic E-state index is 13.6. The Hall–Kier alpha value is -2.48. The SMILES string of the molecule is O=C(Cn1nc2n(c1=O)CCCCC2)NCC(O)c1ccccc1F. The Labute approximate surface area is 144 Å². The molecule has 2 aromatic rings. The van der Waals surface area contributed by atoms with Crippen molar-refractivity contribution in [1.82, 2.24) is 19.7 Å². The second kappa shape index (κ2) is 7.60. The van der Waals surface area contributed by atoms with E-state index in [0.717, 1.165) is 30.4 Å². The van der Waals surface area contributed by atoms with Crippen LogP contribution in [0.15, 0.2) is 29.1 Å². The molecule has 3 rings (SSSR count). The molecule has 25 heavy (non-hydrogen) atoms. The smallest absolute Gasteiger partial charge is 0.346 e. The van der Waals surface area contributed by atoms with Gasteiger partial charge in [0.25, 0.3) is 0 Å². The first-order valence-corrected chi connectivity index (χ1v) is 8.42. The van der Waals surface area contributed by atoms with E-state index in [9.17, 15) is 19.1 Å². The monoisotopic (exact) mass is 348 g/mol. The van der Waals surface area contributed by atoms with E-state index in [2.05, 4.69) is 10.4 Å². The summed E-state index contributed by atoms with van der Waals surface area (Å²) in [6.45, 7) is 0.271. The van der Waals surface area contributed by atoms with E-state index in [0.29, 0.717) is 12.4 Å². The minimum absolute atomic E-state index is 0.119. The van der Waals surface area contributed by atoms with Crippen molar-refractivity contribution in [3.63, 3.8) is 0 Å². The average Bonchev–Trinajstić information content (AvgIpc) is 2.77. The van der Waals surface area contributed by atoms with Crippen LogP contribution in [0.4, 0.5) is 4.39 Å². The van der Waals surface area contributed by atoms with Crippen molar-refractivity contribution < 1.29 is 14.3 Å². The lowest BCUT2D eigenvalue weighted by atomic mass is 10.1. The van der Waals surface area contributed by atoms with Gasteiger partial charge in [-0.15, -0.1) is 0 Å². The van der Waals surface area contributed by atoms with Crippen molar-refractivity contribution in [1.29, 1.82) is 0 Å². The van der Waals surface area contributed by atoms with Gasteiger partial charge in [0.1, 0.15) is 18.2 Å². The fourth-order valence-electron chi connectivity index (χ4n) is 2.99. The predicted molar refractivity (Wildman–Crippen MR) is 88.4 cm³/mol. The third kappa shape index (κ3) is 3.96. The molecule has 0 fully saturated rings. The van der Waals surface area contributed by atoms with Gasteiger partial charge in [0.2, 0.25) is 5.91 Å². The molecule has 2 heterocycles. The zero-order valence-corrected chi connectivity index (χ0v) is 13.8. The number of rotatable bonds is 5. The molecule has 0 aliphatic carbocycles. The predicted octanol–water partition coefficient (Wildman–Crippen LogP) is 0.760. The number of hydrogen-bond donors (Lipinski definition) is 2. The number of nitrogens with zero attached hydrogens (tertiary/aromatic N) is 3. The van der Waals surface area contributed by atoms with E-state index in [4.69, 9.17) is 0 Å². The summed E-state index contributed by atoms with van der Waals surface area (Å²) in [6.07, 6.45) is 2.56. The van der Waals surface area contributed by atoms with Crippen molar-refractivity contribution >= 4 is 5.91 Å². The molecule has 0 saturated heterocycles. The zero-order chi connectivity index (χ0) is 17.8. The third-order valence-corrected chi connectivity index (χ3v) is 4.33. The number of aliphatic hydroxyl groups excluding tert-OH is 1. The van der Waals surface area contributed by atoms with E-state index in [1.54, 1.807) is 10.6 Å². The number of carbonyl (C=O) groups is 1. The van der Waals surface area contributed by atoms with E-state index >= 15 is 0 Å². The van der Waals surface area contributed by atoms with Crippen LogP contribution >= 0.6 is 0 Å². The Balaban J connectivity index is 1.60. The van der Waals surface area contributed by atoms with E-state index in [1.807, 2.05) is 0 Å². The number of fused-ring (bicyclic) bond motifs is 1. The van der Waals surface area contributed by atoms with E-state index in [-0.39, 0.29) is 24.3 Å². The van der Waals surface area contributed by atoms with Gasteiger partial charge in [-0.2, -0.15) is 5.10 Å². The molecule has 0 bridgehead atoms. The molecule has 8 heteroatoms. The van der Waals surface area contributed by atoms with Gasteiger partial charge in [-0.3, -0.25) is 9.36 Å². The van der Waals surface area contributed by atoms with Crippen LogP contribution in [0.5, 0.6) is 0 Å². The topological polar surface area (TPSA) is 89.2 Å². The molecule has 1 aromatic heterocycles. The molecule has 1 aliphatic rings.